The number of phenolic OH excluding ortho intramolecular Hbond substituents is 1. The summed E-state index contributed by atoms with van der Waals surface area (Å²) in [6.45, 7) is 0. The molecule has 1 aromatic heterocycles. The summed E-state index contributed by atoms with van der Waals surface area (Å²) in [4.78, 5) is 53.5. The van der Waals surface area contributed by atoms with Crippen molar-refractivity contribution in [1.29, 1.82) is 0 Å². The molecule has 12 heteroatoms. The fourth-order valence-electron chi connectivity index (χ4n) is 3.30. The highest BCUT2D eigenvalue weighted by atomic mass is 32.1. The van der Waals surface area contributed by atoms with Crippen LogP contribution in [0.2, 0.25) is 0 Å². The molecular formula is C20H17N5O5S2. The molecule has 0 spiro atoms. The van der Waals surface area contributed by atoms with Gasteiger partial charge < -0.3 is 26.4 Å². The number of nitrogens with one attached hydrogen (secondary N) is 4. The van der Waals surface area contributed by atoms with Crippen LogP contribution in [0.4, 0.5) is 0 Å². The zero-order valence-electron chi connectivity index (χ0n) is 16.3. The molecule has 10 nitrogen and oxygen atoms in total. The van der Waals surface area contributed by atoms with Crippen molar-refractivity contribution >= 4 is 58.3 Å². The zero-order chi connectivity index (χ0) is 23.3. The van der Waals surface area contributed by atoms with E-state index in [9.17, 15) is 24.3 Å². The third-order valence-electron chi connectivity index (χ3n) is 4.64. The minimum absolute atomic E-state index is 0.0510. The van der Waals surface area contributed by atoms with Gasteiger partial charge in [-0.25, -0.2) is 0 Å². The number of rotatable bonds is 3. The molecule has 1 aromatic carbocycles. The lowest BCUT2D eigenvalue weighted by Crippen LogP contribution is -2.62. The fraction of sp³-hybridized carbons (Fsp3) is 0.150. The van der Waals surface area contributed by atoms with Crippen LogP contribution in [0.5, 0.6) is 5.75 Å². The number of carbonyl (C=O) groups is 4. The second-order valence-corrected chi connectivity index (χ2v) is 7.53. The van der Waals surface area contributed by atoms with E-state index in [1.165, 1.54) is 24.3 Å². The number of nitrogens with zero attached hydrogens (tertiary/aromatic N) is 1. The Morgan fingerprint density at radius 2 is 1.12 bits per heavy atom. The van der Waals surface area contributed by atoms with Crippen LogP contribution in [0.1, 0.15) is 11.5 Å². The Morgan fingerprint density at radius 1 is 0.719 bits per heavy atom. The highest BCUT2D eigenvalue weighted by Gasteiger charge is 2.49. The largest absolute Gasteiger partial charge is 0.508 e. The van der Waals surface area contributed by atoms with E-state index >= 15 is 0 Å². The summed E-state index contributed by atoms with van der Waals surface area (Å²) in [7, 11) is 0. The molecular weight excluding hydrogens is 454 g/mol. The van der Waals surface area contributed by atoms with Gasteiger partial charge in [-0.1, -0.05) is 18.2 Å². The predicted molar refractivity (Wildman–Crippen MR) is 120 cm³/mol. The standard InChI is InChI=1S/C15H12N4O5S2.C5H5N/c20-6-3-1-5(2-4-6)7(8-10(21)16-14(25)17-11(8)22)9-12(23)18-15(26)19-13(9)24;1-2-4-6-5-3-1/h1-4,7-9,20H,(H2,16,17,21,22,25)(H2,18,19,23,24,26);1-5H. The summed E-state index contributed by atoms with van der Waals surface area (Å²) in [5, 5.41) is 18.5. The molecule has 3 heterocycles. The SMILES string of the molecule is O=C1NC(=S)NC(=O)C1C(c1ccc(O)cc1)C1C(=O)NC(=S)NC1=O.c1ccncc1. The van der Waals surface area contributed by atoms with Crippen LogP contribution in [0.25, 0.3) is 0 Å². The number of amides is 4. The van der Waals surface area contributed by atoms with Crippen LogP contribution in [0.15, 0.2) is 54.9 Å². The first-order chi connectivity index (χ1) is 15.3. The Bertz CT molecular complexity index is 963. The van der Waals surface area contributed by atoms with Crippen molar-refractivity contribution in [2.24, 2.45) is 11.8 Å². The first-order valence-corrected chi connectivity index (χ1v) is 10.0. The fourth-order valence-corrected chi connectivity index (χ4v) is 3.70. The summed E-state index contributed by atoms with van der Waals surface area (Å²) in [5.74, 6) is -6.89. The van der Waals surface area contributed by atoms with Crippen molar-refractivity contribution in [3.05, 3.63) is 60.4 Å². The van der Waals surface area contributed by atoms with Gasteiger partial charge in [-0.3, -0.25) is 24.2 Å². The summed E-state index contributed by atoms with van der Waals surface area (Å²) < 4.78 is 0. The zero-order valence-corrected chi connectivity index (χ0v) is 17.9. The number of pyridine rings is 1. The molecule has 0 radical (unpaired) electrons. The lowest BCUT2D eigenvalue weighted by molar-refractivity contribution is -0.140. The number of aromatic nitrogens is 1. The van der Waals surface area contributed by atoms with Gasteiger partial charge in [-0.05, 0) is 54.3 Å². The molecule has 0 saturated carbocycles. The topological polar surface area (TPSA) is 150 Å². The molecule has 0 aliphatic carbocycles. The predicted octanol–water partition coefficient (Wildman–Crippen LogP) is -0.148. The van der Waals surface area contributed by atoms with Crippen molar-refractivity contribution in [3.8, 4) is 5.75 Å². The highest BCUT2D eigenvalue weighted by Crippen LogP contribution is 2.36. The molecule has 2 aliphatic heterocycles. The van der Waals surface area contributed by atoms with E-state index in [4.69, 9.17) is 24.4 Å². The summed E-state index contributed by atoms with van der Waals surface area (Å²) in [6, 6.07) is 11.2. The van der Waals surface area contributed by atoms with Gasteiger partial charge in [0.2, 0.25) is 23.6 Å². The first kappa shape index (κ1) is 22.9. The van der Waals surface area contributed by atoms with Gasteiger partial charge in [-0.2, -0.15) is 0 Å². The van der Waals surface area contributed by atoms with E-state index in [1.54, 1.807) is 12.4 Å². The van der Waals surface area contributed by atoms with Crippen molar-refractivity contribution in [3.63, 3.8) is 0 Å². The minimum Gasteiger partial charge on any atom is -0.508 e. The third kappa shape index (κ3) is 5.28. The van der Waals surface area contributed by atoms with Gasteiger partial charge >= 0.3 is 0 Å². The number of hydrogen-bond acceptors (Lipinski definition) is 8. The monoisotopic (exact) mass is 471 g/mol. The van der Waals surface area contributed by atoms with E-state index in [-0.39, 0.29) is 16.0 Å². The number of benzene rings is 1. The number of phenols is 1. The van der Waals surface area contributed by atoms with Gasteiger partial charge in [0.05, 0.1) is 0 Å². The maximum Gasteiger partial charge on any atom is 0.239 e. The molecule has 4 amide bonds. The molecule has 0 unspecified atom stereocenters. The molecule has 4 rings (SSSR count). The molecule has 5 N–H and O–H groups in total. The van der Waals surface area contributed by atoms with Gasteiger partial charge in [0.25, 0.3) is 0 Å². The average Bonchev–Trinajstić information content (AvgIpc) is 2.74. The van der Waals surface area contributed by atoms with Crippen LogP contribution in [0.3, 0.4) is 0 Å². The summed E-state index contributed by atoms with van der Waals surface area (Å²) >= 11 is 9.56. The summed E-state index contributed by atoms with van der Waals surface area (Å²) in [5.41, 5.74) is 0.342. The third-order valence-corrected chi connectivity index (χ3v) is 5.05. The van der Waals surface area contributed by atoms with Crippen molar-refractivity contribution in [2.45, 2.75) is 5.92 Å². The second kappa shape index (κ2) is 10.0. The molecule has 2 aromatic rings. The van der Waals surface area contributed by atoms with Crippen LogP contribution in [-0.2, 0) is 19.2 Å². The molecule has 0 atom stereocenters. The van der Waals surface area contributed by atoms with Gasteiger partial charge in [0.1, 0.15) is 17.6 Å². The van der Waals surface area contributed by atoms with E-state index in [0.717, 1.165) is 0 Å². The normalized spacial score (nSPS) is 17.0. The van der Waals surface area contributed by atoms with Crippen LogP contribution < -0.4 is 21.3 Å². The quantitative estimate of drug-likeness (QED) is 0.307. The highest BCUT2D eigenvalue weighted by molar-refractivity contribution is 7.80. The molecule has 2 fully saturated rings. The van der Waals surface area contributed by atoms with Gasteiger partial charge in [0.15, 0.2) is 10.2 Å². The Labute approximate surface area is 192 Å². The van der Waals surface area contributed by atoms with E-state index < -0.39 is 41.4 Å². The maximum absolute atomic E-state index is 12.4. The number of hydrogen-bond donors (Lipinski definition) is 5. The Kier molecular flexibility index (Phi) is 7.18. The molecule has 32 heavy (non-hydrogen) atoms. The first-order valence-electron chi connectivity index (χ1n) is 9.23. The Morgan fingerprint density at radius 3 is 1.44 bits per heavy atom. The lowest BCUT2D eigenvalue weighted by atomic mass is 9.74. The van der Waals surface area contributed by atoms with Crippen LogP contribution in [0, 0.1) is 11.8 Å². The van der Waals surface area contributed by atoms with E-state index in [1.807, 2.05) is 18.2 Å². The van der Waals surface area contributed by atoms with Crippen molar-refractivity contribution in [1.82, 2.24) is 26.3 Å². The molecule has 2 aliphatic rings. The van der Waals surface area contributed by atoms with Crippen molar-refractivity contribution < 1.29 is 24.3 Å². The Balaban J connectivity index is 0.000000416. The van der Waals surface area contributed by atoms with E-state index in [2.05, 4.69) is 26.3 Å². The average molecular weight is 472 g/mol. The van der Waals surface area contributed by atoms with Crippen molar-refractivity contribution in [2.75, 3.05) is 0 Å². The van der Waals surface area contributed by atoms with Gasteiger partial charge in [-0.15, -0.1) is 0 Å². The minimum atomic E-state index is -1.39. The molecule has 0 bridgehead atoms. The number of aromatic hydroxyl groups is 1. The lowest BCUT2D eigenvalue weighted by Gasteiger charge is -2.35. The molecule has 2 saturated heterocycles. The summed E-state index contributed by atoms with van der Waals surface area (Å²) in [6.07, 6.45) is 3.50. The number of thiocarbonyl (C=S) groups is 2. The Hall–Kier alpha value is -3.77. The molecule has 164 valence electrons. The smallest absolute Gasteiger partial charge is 0.239 e. The maximum atomic E-state index is 12.4. The van der Waals surface area contributed by atoms with Crippen LogP contribution in [-0.4, -0.2) is 43.9 Å². The van der Waals surface area contributed by atoms with Gasteiger partial charge in [0, 0.05) is 18.3 Å². The van der Waals surface area contributed by atoms with E-state index in [0.29, 0.717) is 5.56 Å². The second-order valence-electron chi connectivity index (χ2n) is 6.71. The number of carbonyl (C=O) groups excluding carboxylic acids is 4. The van der Waals surface area contributed by atoms with Crippen LogP contribution >= 0.6 is 24.4 Å².